The lowest BCUT2D eigenvalue weighted by atomic mass is 10.2. The maximum atomic E-state index is 12.2. The van der Waals surface area contributed by atoms with Gasteiger partial charge in [-0.15, -0.1) is 11.3 Å². The summed E-state index contributed by atoms with van der Waals surface area (Å²) in [7, 11) is -0.820. The van der Waals surface area contributed by atoms with Gasteiger partial charge in [0.2, 0.25) is 0 Å². The van der Waals surface area contributed by atoms with E-state index < -0.39 is 19.3 Å². The highest BCUT2D eigenvalue weighted by Crippen LogP contribution is 2.49. The molecule has 1 aromatic rings. The van der Waals surface area contributed by atoms with Gasteiger partial charge in [-0.25, -0.2) is 4.79 Å². The van der Waals surface area contributed by atoms with E-state index in [1.54, 1.807) is 20.8 Å². The van der Waals surface area contributed by atoms with Crippen molar-refractivity contribution in [2.24, 2.45) is 0 Å². The molecule has 1 heterocycles. The van der Waals surface area contributed by atoms with E-state index in [-0.39, 0.29) is 5.69 Å². The summed E-state index contributed by atoms with van der Waals surface area (Å²) in [6, 6.07) is 1.45. The largest absolute Gasteiger partial charge is 0.444 e. The third kappa shape index (κ3) is 4.21. The second-order valence-electron chi connectivity index (χ2n) is 4.86. The maximum Gasteiger partial charge on any atom is 0.412 e. The average Bonchev–Trinajstić information content (AvgIpc) is 2.68. The third-order valence-electron chi connectivity index (χ3n) is 2.11. The molecule has 0 spiro atoms. The number of nitrogens with one attached hydrogen (secondary N) is 1. The molecule has 7 nitrogen and oxygen atoms in total. The van der Waals surface area contributed by atoms with E-state index in [1.165, 1.54) is 20.3 Å². The Morgan fingerprint density at radius 1 is 1.35 bits per heavy atom. The number of anilines is 2. The van der Waals surface area contributed by atoms with Crippen LogP contribution in [0.25, 0.3) is 0 Å². The van der Waals surface area contributed by atoms with Gasteiger partial charge in [0.05, 0.1) is 5.69 Å². The van der Waals surface area contributed by atoms with E-state index in [1.807, 2.05) is 0 Å². The van der Waals surface area contributed by atoms with Crippen molar-refractivity contribution in [3.05, 3.63) is 6.07 Å². The van der Waals surface area contributed by atoms with Crippen LogP contribution in [0.5, 0.6) is 0 Å². The second-order valence-corrected chi connectivity index (χ2v) is 8.42. The number of hydrogen-bond donors (Lipinski definition) is 2. The van der Waals surface area contributed by atoms with Crippen molar-refractivity contribution in [2.45, 2.75) is 26.4 Å². The lowest BCUT2D eigenvalue weighted by Gasteiger charge is -2.19. The number of hydrogen-bond acceptors (Lipinski definition) is 7. The topological polar surface area (TPSA) is 99.9 Å². The molecule has 1 amide bonds. The number of carbonyl (C=O) groups excluding carboxylic acids is 1. The molecular weight excluding hydrogens is 303 g/mol. The van der Waals surface area contributed by atoms with Crippen LogP contribution >= 0.6 is 18.9 Å². The van der Waals surface area contributed by atoms with Gasteiger partial charge in [0, 0.05) is 14.2 Å². The molecule has 0 radical (unpaired) electrons. The van der Waals surface area contributed by atoms with Gasteiger partial charge in [-0.3, -0.25) is 9.88 Å². The molecule has 1 rings (SSSR count). The Labute approximate surface area is 121 Å². The van der Waals surface area contributed by atoms with E-state index >= 15 is 0 Å². The van der Waals surface area contributed by atoms with E-state index in [0.717, 1.165) is 11.3 Å². The van der Waals surface area contributed by atoms with E-state index in [0.29, 0.717) is 9.62 Å². The number of nitrogen functional groups attached to an aromatic ring is 1. The van der Waals surface area contributed by atoms with Gasteiger partial charge in [0.25, 0.3) is 0 Å². The maximum absolute atomic E-state index is 12.2. The molecule has 0 saturated carbocycles. The standard InChI is InChI=1S/C11H19N2O5PS/c1-11(2,3)18-10(14)13-9-7(12)6-8(20-9)19(15,16-4)17-5/h6H,12H2,1-5H3,(H,13,14). The van der Waals surface area contributed by atoms with Gasteiger partial charge in [0.1, 0.15) is 15.2 Å². The van der Waals surface area contributed by atoms with Crippen LogP contribution in [0.2, 0.25) is 0 Å². The van der Waals surface area contributed by atoms with Crippen LogP contribution < -0.4 is 15.7 Å². The predicted molar refractivity (Wildman–Crippen MR) is 79.8 cm³/mol. The fourth-order valence-corrected chi connectivity index (χ4v) is 3.96. The normalized spacial score (nSPS) is 12.2. The Bertz CT molecular complexity index is 529. The fourth-order valence-electron chi connectivity index (χ4n) is 1.27. The quantitative estimate of drug-likeness (QED) is 0.827. The zero-order valence-corrected chi connectivity index (χ0v) is 13.8. The lowest BCUT2D eigenvalue weighted by molar-refractivity contribution is 0.0636. The van der Waals surface area contributed by atoms with Crippen molar-refractivity contribution in [1.82, 2.24) is 0 Å². The van der Waals surface area contributed by atoms with E-state index in [9.17, 15) is 9.36 Å². The minimum absolute atomic E-state index is 0.269. The van der Waals surface area contributed by atoms with Crippen LogP contribution in [0.1, 0.15) is 20.8 Å². The highest BCUT2D eigenvalue weighted by Gasteiger charge is 2.29. The summed E-state index contributed by atoms with van der Waals surface area (Å²) in [5.74, 6) is 0. The molecule has 0 saturated heterocycles. The molecule has 20 heavy (non-hydrogen) atoms. The number of ether oxygens (including phenoxy) is 1. The van der Waals surface area contributed by atoms with Crippen LogP contribution in [0.15, 0.2) is 6.07 Å². The molecular formula is C11H19N2O5PS. The Morgan fingerprint density at radius 2 is 1.90 bits per heavy atom. The summed E-state index contributed by atoms with van der Waals surface area (Å²) in [6.07, 6.45) is -0.637. The highest BCUT2D eigenvalue weighted by molar-refractivity contribution is 7.69. The molecule has 0 aliphatic carbocycles. The van der Waals surface area contributed by atoms with Gasteiger partial charge >= 0.3 is 13.7 Å². The second kappa shape index (κ2) is 6.13. The zero-order valence-electron chi connectivity index (χ0n) is 12.1. The highest BCUT2D eigenvalue weighted by atomic mass is 32.1. The summed E-state index contributed by atoms with van der Waals surface area (Å²) >= 11 is 1.02. The first kappa shape index (κ1) is 17.0. The Kier molecular flexibility index (Phi) is 5.21. The van der Waals surface area contributed by atoms with Gasteiger partial charge in [-0.05, 0) is 26.8 Å². The Balaban J connectivity index is 2.92. The molecule has 0 aliphatic heterocycles. The molecule has 0 atom stereocenters. The van der Waals surface area contributed by atoms with Crippen molar-refractivity contribution < 1.29 is 23.1 Å². The van der Waals surface area contributed by atoms with Gasteiger partial charge in [-0.2, -0.15) is 0 Å². The van der Waals surface area contributed by atoms with Crippen LogP contribution in [-0.4, -0.2) is 25.9 Å². The number of nitrogens with two attached hydrogens (primary N) is 1. The summed E-state index contributed by atoms with van der Waals surface area (Å²) in [6.45, 7) is 5.25. The summed E-state index contributed by atoms with van der Waals surface area (Å²) in [5, 5.41) is 2.84. The van der Waals surface area contributed by atoms with Gasteiger partial charge in [0.15, 0.2) is 0 Å². The zero-order chi connectivity index (χ0) is 15.6. The minimum atomic E-state index is -3.38. The van der Waals surface area contributed by atoms with Crippen molar-refractivity contribution in [1.29, 1.82) is 0 Å². The van der Waals surface area contributed by atoms with Crippen LogP contribution in [0.3, 0.4) is 0 Å². The monoisotopic (exact) mass is 322 g/mol. The number of carbonyl (C=O) groups is 1. The van der Waals surface area contributed by atoms with Gasteiger partial charge < -0.3 is 19.5 Å². The smallest absolute Gasteiger partial charge is 0.412 e. The number of thiophene rings is 1. The van der Waals surface area contributed by atoms with Crippen molar-refractivity contribution >= 4 is 40.3 Å². The molecule has 9 heteroatoms. The van der Waals surface area contributed by atoms with Crippen LogP contribution in [-0.2, 0) is 18.3 Å². The summed E-state index contributed by atoms with van der Waals surface area (Å²) in [5.41, 5.74) is 5.42. The molecule has 0 aromatic carbocycles. The van der Waals surface area contributed by atoms with Crippen LogP contribution in [0.4, 0.5) is 15.5 Å². The lowest BCUT2D eigenvalue weighted by Crippen LogP contribution is -2.27. The summed E-state index contributed by atoms with van der Waals surface area (Å²) < 4.78 is 27.4. The van der Waals surface area contributed by atoms with E-state index in [2.05, 4.69) is 5.32 Å². The molecule has 0 unspecified atom stereocenters. The van der Waals surface area contributed by atoms with Gasteiger partial charge in [-0.1, -0.05) is 0 Å². The minimum Gasteiger partial charge on any atom is -0.444 e. The predicted octanol–water partition coefficient (Wildman–Crippen LogP) is 2.79. The first-order chi connectivity index (χ1) is 9.11. The fraction of sp³-hybridized carbons (Fsp3) is 0.545. The first-order valence-electron chi connectivity index (χ1n) is 5.72. The Hall–Kier alpha value is -1.08. The molecule has 0 fully saturated rings. The molecule has 0 aliphatic rings. The average molecular weight is 322 g/mol. The molecule has 114 valence electrons. The SMILES string of the molecule is COP(=O)(OC)c1cc(N)c(NC(=O)OC(C)(C)C)s1. The Morgan fingerprint density at radius 3 is 2.35 bits per heavy atom. The van der Waals surface area contributed by atoms with E-state index in [4.69, 9.17) is 19.5 Å². The third-order valence-corrected chi connectivity index (χ3v) is 5.56. The summed E-state index contributed by atoms with van der Waals surface area (Å²) in [4.78, 5) is 11.7. The number of rotatable bonds is 4. The van der Waals surface area contributed by atoms with Crippen molar-refractivity contribution in [2.75, 3.05) is 25.3 Å². The number of amides is 1. The van der Waals surface area contributed by atoms with Crippen LogP contribution in [0, 0.1) is 0 Å². The molecule has 3 N–H and O–H groups in total. The van der Waals surface area contributed by atoms with Crippen molar-refractivity contribution in [3.63, 3.8) is 0 Å². The van der Waals surface area contributed by atoms with Crippen molar-refractivity contribution in [3.8, 4) is 0 Å². The molecule has 0 bridgehead atoms. The first-order valence-corrected chi connectivity index (χ1v) is 8.08. The molecule has 1 aromatic heterocycles.